The van der Waals surface area contributed by atoms with Gasteiger partial charge in [0, 0.05) is 0 Å². The van der Waals surface area contributed by atoms with E-state index in [-0.39, 0.29) is 26.9 Å². The van der Waals surface area contributed by atoms with Crippen LogP contribution in [-0.2, 0) is 6.18 Å². The first-order valence-corrected chi connectivity index (χ1v) is 10.1. The zero-order chi connectivity index (χ0) is 24.0. The summed E-state index contributed by atoms with van der Waals surface area (Å²) in [7, 11) is 1.41. The van der Waals surface area contributed by atoms with Crippen LogP contribution in [-0.4, -0.2) is 39.8 Å². The highest BCUT2D eigenvalue weighted by Crippen LogP contribution is 2.44. The van der Waals surface area contributed by atoms with Gasteiger partial charge in [0.15, 0.2) is 5.69 Å². The summed E-state index contributed by atoms with van der Waals surface area (Å²) >= 11 is 1.04. The van der Waals surface area contributed by atoms with Crippen molar-refractivity contribution < 1.29 is 36.2 Å². The van der Waals surface area contributed by atoms with Gasteiger partial charge in [0.1, 0.15) is 5.75 Å². The number of alkyl halides is 6. The Kier molecular flexibility index (Phi) is 5.56. The average molecular weight is 488 g/mol. The maximum atomic E-state index is 13.9. The van der Waals surface area contributed by atoms with E-state index in [1.54, 1.807) is 11.4 Å². The molecule has 4 rings (SSSR count). The van der Waals surface area contributed by atoms with Crippen molar-refractivity contribution in [2.75, 3.05) is 12.1 Å². The van der Waals surface area contributed by atoms with Crippen molar-refractivity contribution in [3.8, 4) is 16.3 Å². The van der Waals surface area contributed by atoms with Crippen LogP contribution in [0.1, 0.15) is 17.7 Å². The van der Waals surface area contributed by atoms with Gasteiger partial charge in [-0.3, -0.25) is 0 Å². The van der Waals surface area contributed by atoms with Gasteiger partial charge in [0.25, 0.3) is 5.72 Å². The summed E-state index contributed by atoms with van der Waals surface area (Å²) in [5, 5.41) is 16.0. The highest BCUT2D eigenvalue weighted by molar-refractivity contribution is 7.13. The van der Waals surface area contributed by atoms with Crippen LogP contribution in [0.4, 0.5) is 32.3 Å². The van der Waals surface area contributed by atoms with E-state index < -0.39 is 36.1 Å². The van der Waals surface area contributed by atoms with Crippen LogP contribution in [0, 0.1) is 0 Å². The van der Waals surface area contributed by atoms with E-state index >= 15 is 0 Å². The summed E-state index contributed by atoms with van der Waals surface area (Å²) < 4.78 is 87.2. The fraction of sp³-hybridized carbons (Fsp3) is 0.250. The number of methoxy groups -OCH3 is 1. The van der Waals surface area contributed by atoms with E-state index in [0.29, 0.717) is 11.8 Å². The lowest BCUT2D eigenvalue weighted by atomic mass is 10.0. The second-order valence-corrected chi connectivity index (χ2v) is 7.94. The predicted octanol–water partition coefficient (Wildman–Crippen LogP) is 5.10. The molecule has 0 unspecified atom stereocenters. The molecular weight excluding hydrogens is 474 g/mol. The Balaban J connectivity index is 1.87. The zero-order valence-electron chi connectivity index (χ0n) is 16.6. The molecule has 1 N–H and O–H groups in total. The molecule has 6 nitrogen and oxygen atoms in total. The number of anilines is 1. The van der Waals surface area contributed by atoms with E-state index in [0.717, 1.165) is 11.3 Å². The van der Waals surface area contributed by atoms with Gasteiger partial charge in [-0.1, -0.05) is 6.07 Å². The van der Waals surface area contributed by atoms with Crippen molar-refractivity contribution >= 4 is 23.0 Å². The molecule has 33 heavy (non-hydrogen) atoms. The smallest absolute Gasteiger partial charge is 0.438 e. The third-order valence-corrected chi connectivity index (χ3v) is 5.72. The van der Waals surface area contributed by atoms with Crippen molar-refractivity contribution in [1.82, 2.24) is 9.97 Å². The van der Waals surface area contributed by atoms with E-state index in [4.69, 9.17) is 4.74 Å². The largest absolute Gasteiger partial charge is 0.497 e. The number of hydrogen-bond donors (Lipinski definition) is 1. The minimum absolute atomic E-state index is 0.00108. The quantitative estimate of drug-likeness (QED) is 0.518. The van der Waals surface area contributed by atoms with E-state index in [1.165, 1.54) is 37.4 Å². The third kappa shape index (κ3) is 4.25. The summed E-state index contributed by atoms with van der Waals surface area (Å²) in [6.07, 6.45) is -11.3. The Morgan fingerprint density at radius 3 is 2.30 bits per heavy atom. The number of benzene rings is 1. The minimum atomic E-state index is -5.29. The Bertz CT molecular complexity index is 1180. The molecule has 1 aliphatic heterocycles. The Morgan fingerprint density at radius 2 is 1.76 bits per heavy atom. The summed E-state index contributed by atoms with van der Waals surface area (Å²) in [4.78, 5) is 7.42. The van der Waals surface area contributed by atoms with Gasteiger partial charge in [-0.15, -0.1) is 11.3 Å². The van der Waals surface area contributed by atoms with Gasteiger partial charge in [-0.2, -0.15) is 36.5 Å². The molecule has 0 amide bonds. The minimum Gasteiger partial charge on any atom is -0.497 e. The van der Waals surface area contributed by atoms with Crippen LogP contribution in [0.15, 0.2) is 52.9 Å². The van der Waals surface area contributed by atoms with Crippen LogP contribution >= 0.6 is 11.3 Å². The highest BCUT2D eigenvalue weighted by Gasteiger charge is 2.63. The number of rotatable bonds is 4. The number of halogens is 6. The van der Waals surface area contributed by atoms with Crippen LogP contribution in [0.5, 0.6) is 5.75 Å². The number of aliphatic hydroxyl groups is 1. The Morgan fingerprint density at radius 1 is 1.06 bits per heavy atom. The SMILES string of the molecule is COc1ccc(C2=NN(c3nc(-c4cccs4)cc(C(F)(F)F)n3)[C@@](O)(C(F)(F)F)C2)cc1. The first-order chi connectivity index (χ1) is 15.4. The molecule has 174 valence electrons. The number of aromatic nitrogens is 2. The molecule has 0 fully saturated rings. The Labute approximate surface area is 186 Å². The van der Waals surface area contributed by atoms with Gasteiger partial charge in [-0.25, -0.2) is 9.97 Å². The Hall–Kier alpha value is -3.19. The molecule has 1 aromatic carbocycles. The molecule has 1 aliphatic rings. The lowest BCUT2D eigenvalue weighted by Crippen LogP contribution is -2.55. The summed E-state index contributed by atoms with van der Waals surface area (Å²) in [5.74, 6) is -0.598. The topological polar surface area (TPSA) is 70.8 Å². The molecular formula is C20H14F6N4O2S. The van der Waals surface area contributed by atoms with E-state index in [2.05, 4.69) is 15.1 Å². The highest BCUT2D eigenvalue weighted by atomic mass is 32.1. The molecule has 3 heterocycles. The van der Waals surface area contributed by atoms with Crippen molar-refractivity contribution in [1.29, 1.82) is 0 Å². The van der Waals surface area contributed by atoms with Crippen molar-refractivity contribution in [2.24, 2.45) is 5.10 Å². The lowest BCUT2D eigenvalue weighted by molar-refractivity contribution is -0.254. The number of thiophene rings is 1. The fourth-order valence-corrected chi connectivity index (χ4v) is 3.83. The van der Waals surface area contributed by atoms with Crippen molar-refractivity contribution in [3.05, 3.63) is 59.1 Å². The van der Waals surface area contributed by atoms with Gasteiger partial charge >= 0.3 is 12.4 Å². The molecule has 13 heteroatoms. The van der Waals surface area contributed by atoms with Crippen LogP contribution in [0.3, 0.4) is 0 Å². The van der Waals surface area contributed by atoms with Crippen molar-refractivity contribution in [2.45, 2.75) is 24.5 Å². The van der Waals surface area contributed by atoms with E-state index in [1.807, 2.05) is 0 Å². The number of hydrazone groups is 1. The van der Waals surface area contributed by atoms with Gasteiger partial charge in [0.05, 0.1) is 29.8 Å². The van der Waals surface area contributed by atoms with Gasteiger partial charge in [0.2, 0.25) is 5.95 Å². The van der Waals surface area contributed by atoms with Crippen molar-refractivity contribution in [3.63, 3.8) is 0 Å². The van der Waals surface area contributed by atoms with Gasteiger partial charge in [-0.05, 0) is 47.3 Å². The van der Waals surface area contributed by atoms with Gasteiger partial charge < -0.3 is 9.84 Å². The lowest BCUT2D eigenvalue weighted by Gasteiger charge is -2.32. The monoisotopic (exact) mass is 488 g/mol. The molecule has 0 saturated heterocycles. The number of hydrogen-bond acceptors (Lipinski definition) is 7. The fourth-order valence-electron chi connectivity index (χ4n) is 3.15. The molecule has 0 spiro atoms. The van der Waals surface area contributed by atoms with Crippen LogP contribution in [0.2, 0.25) is 0 Å². The summed E-state index contributed by atoms with van der Waals surface area (Å²) in [6, 6.07) is 9.43. The average Bonchev–Trinajstić information content (AvgIpc) is 3.41. The van der Waals surface area contributed by atoms with Crippen LogP contribution < -0.4 is 9.75 Å². The zero-order valence-corrected chi connectivity index (χ0v) is 17.5. The third-order valence-electron chi connectivity index (χ3n) is 4.83. The summed E-state index contributed by atoms with van der Waals surface area (Å²) in [5.41, 5.74) is -5.37. The first kappa shape index (κ1) is 23.0. The molecule has 1 atom stereocenters. The number of ether oxygens (including phenoxy) is 1. The molecule has 3 aromatic rings. The molecule has 0 bridgehead atoms. The first-order valence-electron chi connectivity index (χ1n) is 9.24. The molecule has 0 radical (unpaired) electrons. The molecule has 0 aliphatic carbocycles. The van der Waals surface area contributed by atoms with Crippen LogP contribution in [0.25, 0.3) is 10.6 Å². The molecule has 0 saturated carbocycles. The maximum Gasteiger partial charge on any atom is 0.438 e. The normalized spacial score (nSPS) is 19.0. The maximum absolute atomic E-state index is 13.9. The predicted molar refractivity (Wildman–Crippen MR) is 108 cm³/mol. The summed E-state index contributed by atoms with van der Waals surface area (Å²) in [6.45, 7) is 0. The molecule has 2 aromatic heterocycles. The second-order valence-electron chi connectivity index (χ2n) is 6.99. The standard InChI is InChI=1S/C20H14F6N4O2S/c1-32-12-6-4-11(5-7-12)14-10-18(31,20(24,25)26)30(29-14)17-27-13(15-3-2-8-33-15)9-16(28-17)19(21,22)23/h2-9,31H,10H2,1H3/t18-/m0/s1. The number of nitrogens with zero attached hydrogens (tertiary/aromatic N) is 4. The van der Waals surface area contributed by atoms with E-state index in [9.17, 15) is 31.4 Å². The second kappa shape index (κ2) is 7.99.